The van der Waals surface area contributed by atoms with Gasteiger partial charge in [-0.1, -0.05) is 11.6 Å². The Morgan fingerprint density at radius 2 is 2.25 bits per heavy atom. The van der Waals surface area contributed by atoms with Crippen LogP contribution in [0.3, 0.4) is 0 Å². The van der Waals surface area contributed by atoms with E-state index >= 15 is 0 Å². The molecule has 2 aromatic heterocycles. The number of benzene rings is 1. The number of nitrogens with zero attached hydrogens (tertiary/aromatic N) is 3. The molecule has 0 bridgehead atoms. The van der Waals surface area contributed by atoms with Gasteiger partial charge in [0, 0.05) is 29.5 Å². The van der Waals surface area contributed by atoms with E-state index in [9.17, 15) is 0 Å². The third-order valence-electron chi connectivity index (χ3n) is 3.72. The molecule has 0 aliphatic carbocycles. The Bertz CT molecular complexity index is 800. The van der Waals surface area contributed by atoms with Crippen LogP contribution in [0, 0.1) is 0 Å². The van der Waals surface area contributed by atoms with Crippen molar-refractivity contribution in [3.63, 3.8) is 0 Å². The zero-order valence-corrected chi connectivity index (χ0v) is 11.5. The van der Waals surface area contributed by atoms with Crippen molar-refractivity contribution in [3.8, 4) is 0 Å². The first-order valence-corrected chi connectivity index (χ1v) is 6.93. The molecule has 3 aromatic rings. The van der Waals surface area contributed by atoms with Gasteiger partial charge in [-0.2, -0.15) is 0 Å². The van der Waals surface area contributed by atoms with Crippen molar-refractivity contribution in [1.29, 1.82) is 0 Å². The van der Waals surface area contributed by atoms with Gasteiger partial charge in [-0.15, -0.1) is 0 Å². The van der Waals surface area contributed by atoms with Crippen LogP contribution in [0.5, 0.6) is 0 Å². The van der Waals surface area contributed by atoms with Gasteiger partial charge in [-0.05, 0) is 24.6 Å². The minimum Gasteiger partial charge on any atom is -0.450 e. The predicted molar refractivity (Wildman–Crippen MR) is 79.1 cm³/mol. The van der Waals surface area contributed by atoms with Gasteiger partial charge >= 0.3 is 0 Å². The summed E-state index contributed by atoms with van der Waals surface area (Å²) >= 11 is 6.05. The number of hydrogen-bond donors (Lipinski definition) is 1. The van der Waals surface area contributed by atoms with Crippen LogP contribution in [0.1, 0.15) is 6.42 Å². The average Bonchev–Trinajstić information content (AvgIpc) is 3.02. The predicted octanol–water partition coefficient (Wildman–Crippen LogP) is 2.57. The number of hydrogen-bond acceptors (Lipinski definition) is 5. The molecule has 1 fully saturated rings. The summed E-state index contributed by atoms with van der Waals surface area (Å²) in [5, 5.41) is 1.59. The normalized spacial score (nSPS) is 19.3. The van der Waals surface area contributed by atoms with E-state index in [2.05, 4.69) is 14.9 Å². The third kappa shape index (κ3) is 1.74. The summed E-state index contributed by atoms with van der Waals surface area (Å²) in [6.45, 7) is 1.69. The number of anilines is 1. The van der Waals surface area contributed by atoms with Crippen LogP contribution in [-0.2, 0) is 0 Å². The molecule has 1 aliphatic rings. The highest BCUT2D eigenvalue weighted by molar-refractivity contribution is 6.31. The lowest BCUT2D eigenvalue weighted by molar-refractivity contribution is 0.662. The summed E-state index contributed by atoms with van der Waals surface area (Å²) in [4.78, 5) is 10.9. The largest absolute Gasteiger partial charge is 0.450 e. The lowest BCUT2D eigenvalue weighted by Crippen LogP contribution is -2.26. The van der Waals surface area contributed by atoms with Gasteiger partial charge in [0.1, 0.15) is 17.4 Å². The summed E-state index contributed by atoms with van der Waals surface area (Å²) in [6.07, 6.45) is 2.54. The smallest absolute Gasteiger partial charge is 0.196 e. The second kappa shape index (κ2) is 4.33. The van der Waals surface area contributed by atoms with E-state index < -0.39 is 0 Å². The first kappa shape index (κ1) is 11.9. The number of furan rings is 1. The number of rotatable bonds is 1. The van der Waals surface area contributed by atoms with E-state index in [4.69, 9.17) is 21.8 Å². The van der Waals surface area contributed by atoms with E-state index in [-0.39, 0.29) is 6.04 Å². The van der Waals surface area contributed by atoms with Crippen molar-refractivity contribution in [2.75, 3.05) is 18.0 Å². The van der Waals surface area contributed by atoms with Gasteiger partial charge in [-0.25, -0.2) is 9.97 Å². The summed E-state index contributed by atoms with van der Waals surface area (Å²) < 4.78 is 5.92. The summed E-state index contributed by atoms with van der Waals surface area (Å²) in [6, 6.07) is 5.73. The first-order chi connectivity index (χ1) is 9.72. The van der Waals surface area contributed by atoms with Gasteiger partial charge < -0.3 is 15.1 Å². The SMILES string of the molecule is NC1CCN(c2ncnc3c2oc2ccc(Cl)cc23)C1. The molecule has 3 heterocycles. The van der Waals surface area contributed by atoms with Crippen molar-refractivity contribution < 1.29 is 4.42 Å². The molecule has 20 heavy (non-hydrogen) atoms. The fraction of sp³-hybridized carbons (Fsp3) is 0.286. The fourth-order valence-electron chi connectivity index (χ4n) is 2.74. The van der Waals surface area contributed by atoms with Crippen LogP contribution in [0.15, 0.2) is 28.9 Å². The van der Waals surface area contributed by atoms with Crippen molar-refractivity contribution in [2.45, 2.75) is 12.5 Å². The van der Waals surface area contributed by atoms with Gasteiger partial charge in [0.05, 0.1) is 0 Å². The Hall–Kier alpha value is -1.85. The highest BCUT2D eigenvalue weighted by Crippen LogP contribution is 2.34. The second-order valence-electron chi connectivity index (χ2n) is 5.11. The average molecular weight is 289 g/mol. The van der Waals surface area contributed by atoms with Gasteiger partial charge in [0.2, 0.25) is 0 Å². The molecular formula is C14H13ClN4O. The first-order valence-electron chi connectivity index (χ1n) is 6.55. The number of fused-ring (bicyclic) bond motifs is 3. The van der Waals surface area contributed by atoms with Crippen LogP contribution in [0.25, 0.3) is 22.1 Å². The molecule has 102 valence electrons. The molecule has 4 rings (SSSR count). The zero-order valence-electron chi connectivity index (χ0n) is 10.7. The van der Waals surface area contributed by atoms with Crippen LogP contribution in [0.2, 0.25) is 5.02 Å². The molecule has 6 heteroatoms. The standard InChI is InChI=1S/C14H13ClN4O/c15-8-1-2-11-10(5-8)12-13(20-11)14(18-7-17-12)19-4-3-9(16)6-19/h1-2,5,7,9H,3-4,6,16H2. The maximum Gasteiger partial charge on any atom is 0.196 e. The lowest BCUT2D eigenvalue weighted by atomic mass is 10.2. The Morgan fingerprint density at radius 3 is 3.05 bits per heavy atom. The maximum absolute atomic E-state index is 6.05. The molecule has 5 nitrogen and oxygen atoms in total. The Kier molecular flexibility index (Phi) is 2.58. The molecule has 1 saturated heterocycles. The van der Waals surface area contributed by atoms with E-state index in [0.29, 0.717) is 10.6 Å². The molecule has 0 radical (unpaired) electrons. The maximum atomic E-state index is 6.05. The number of nitrogens with two attached hydrogens (primary N) is 1. The van der Waals surface area contributed by atoms with Gasteiger partial charge in [0.15, 0.2) is 11.4 Å². The quantitative estimate of drug-likeness (QED) is 0.745. The highest BCUT2D eigenvalue weighted by atomic mass is 35.5. The van der Waals surface area contributed by atoms with E-state index in [1.165, 1.54) is 0 Å². The van der Waals surface area contributed by atoms with Crippen molar-refractivity contribution in [3.05, 3.63) is 29.5 Å². The van der Waals surface area contributed by atoms with Gasteiger partial charge in [0.25, 0.3) is 0 Å². The van der Waals surface area contributed by atoms with E-state index in [1.807, 2.05) is 18.2 Å². The molecule has 1 aliphatic heterocycles. The lowest BCUT2D eigenvalue weighted by Gasteiger charge is -2.16. The Morgan fingerprint density at radius 1 is 1.35 bits per heavy atom. The van der Waals surface area contributed by atoms with Crippen molar-refractivity contribution in [1.82, 2.24) is 9.97 Å². The fourth-order valence-corrected chi connectivity index (χ4v) is 2.91. The zero-order chi connectivity index (χ0) is 13.7. The Labute approximate surface area is 120 Å². The van der Waals surface area contributed by atoms with E-state index in [1.54, 1.807) is 6.33 Å². The molecule has 1 aromatic carbocycles. The summed E-state index contributed by atoms with van der Waals surface area (Å²) in [5.74, 6) is 0.815. The van der Waals surface area contributed by atoms with Crippen molar-refractivity contribution in [2.24, 2.45) is 5.73 Å². The molecule has 0 amide bonds. The van der Waals surface area contributed by atoms with Crippen LogP contribution in [-0.4, -0.2) is 29.1 Å². The van der Waals surface area contributed by atoms with Crippen LogP contribution < -0.4 is 10.6 Å². The van der Waals surface area contributed by atoms with E-state index in [0.717, 1.165) is 41.8 Å². The summed E-state index contributed by atoms with van der Waals surface area (Å²) in [7, 11) is 0. The molecule has 1 atom stereocenters. The molecule has 0 saturated carbocycles. The second-order valence-corrected chi connectivity index (χ2v) is 5.55. The monoisotopic (exact) mass is 288 g/mol. The summed E-state index contributed by atoms with van der Waals surface area (Å²) in [5.41, 5.74) is 8.25. The Balaban J connectivity index is 1.96. The molecule has 0 spiro atoms. The topological polar surface area (TPSA) is 68.2 Å². The minimum absolute atomic E-state index is 0.193. The number of aromatic nitrogens is 2. The van der Waals surface area contributed by atoms with Crippen LogP contribution in [0.4, 0.5) is 5.82 Å². The molecule has 2 N–H and O–H groups in total. The third-order valence-corrected chi connectivity index (χ3v) is 3.95. The van der Waals surface area contributed by atoms with Crippen LogP contribution >= 0.6 is 11.6 Å². The minimum atomic E-state index is 0.193. The van der Waals surface area contributed by atoms with Gasteiger partial charge in [-0.3, -0.25) is 0 Å². The molecule has 1 unspecified atom stereocenters. The molecular weight excluding hydrogens is 276 g/mol. The van der Waals surface area contributed by atoms with Crippen molar-refractivity contribution >= 4 is 39.5 Å². The number of halogens is 1. The highest BCUT2D eigenvalue weighted by Gasteiger charge is 2.24.